The molecule has 1 aromatic carbocycles. The van der Waals surface area contributed by atoms with Crippen molar-refractivity contribution in [2.75, 3.05) is 17.6 Å². The van der Waals surface area contributed by atoms with E-state index < -0.39 is 0 Å². The van der Waals surface area contributed by atoms with Gasteiger partial charge in [0.1, 0.15) is 0 Å². The highest BCUT2D eigenvalue weighted by Crippen LogP contribution is 2.24. The van der Waals surface area contributed by atoms with E-state index in [1.807, 2.05) is 6.07 Å². The Balaban J connectivity index is 2.60. The molecule has 1 rings (SSSR count). The normalized spacial score (nSPS) is 12.4. The molecule has 0 heterocycles. The number of aliphatic imine (C=N–C) groups is 2. The molecule has 0 radical (unpaired) electrons. The lowest BCUT2D eigenvalue weighted by atomic mass is 10.1. The number of benzene rings is 1. The second kappa shape index (κ2) is 15.1. The van der Waals surface area contributed by atoms with Gasteiger partial charge in [0, 0.05) is 18.0 Å². The molecular weight excluding hydrogens is 399 g/mol. The fourth-order valence-electron chi connectivity index (χ4n) is 2.34. The maximum absolute atomic E-state index is 6.05. The smallest absolute Gasteiger partial charge is 0.200 e. The standard InChI is InChI=1S/C20H32Cl2N4S/c1-3-5-7-8-9-10-13-24-20(27-14-6-4-2)26-19(23)25-16-11-12-17(21)18(22)15-16/h11-12,15H,3-10,13-14H2,1-2H3,(H3,23,24,25,26). The Labute approximate surface area is 178 Å². The van der Waals surface area contributed by atoms with Crippen molar-refractivity contribution in [3.63, 3.8) is 0 Å². The van der Waals surface area contributed by atoms with E-state index in [9.17, 15) is 0 Å². The van der Waals surface area contributed by atoms with Gasteiger partial charge >= 0.3 is 0 Å². The van der Waals surface area contributed by atoms with Gasteiger partial charge in [-0.05, 0) is 31.0 Å². The summed E-state index contributed by atoms with van der Waals surface area (Å²) in [6, 6.07) is 5.26. The zero-order chi connectivity index (χ0) is 19.9. The van der Waals surface area contributed by atoms with Gasteiger partial charge in [-0.2, -0.15) is 4.99 Å². The van der Waals surface area contributed by atoms with Crippen molar-refractivity contribution in [2.45, 2.75) is 65.2 Å². The number of anilines is 1. The molecule has 0 amide bonds. The average Bonchev–Trinajstić information content (AvgIpc) is 2.64. The molecule has 3 N–H and O–H groups in total. The van der Waals surface area contributed by atoms with Crippen LogP contribution in [-0.2, 0) is 0 Å². The predicted octanol–water partition coefficient (Wildman–Crippen LogP) is 6.97. The number of halogens is 2. The van der Waals surface area contributed by atoms with Crippen LogP contribution in [0, 0.1) is 0 Å². The van der Waals surface area contributed by atoms with Crippen molar-refractivity contribution < 1.29 is 0 Å². The summed E-state index contributed by atoms with van der Waals surface area (Å²) in [6.07, 6.45) is 9.80. The van der Waals surface area contributed by atoms with E-state index in [-0.39, 0.29) is 0 Å². The quantitative estimate of drug-likeness (QED) is 0.226. The zero-order valence-corrected chi connectivity index (χ0v) is 18.8. The van der Waals surface area contributed by atoms with E-state index in [2.05, 4.69) is 29.1 Å². The van der Waals surface area contributed by atoms with E-state index in [0.29, 0.717) is 16.0 Å². The second-order valence-corrected chi connectivity index (χ2v) is 8.26. The number of rotatable bonds is 11. The SMILES string of the molecule is CCCCCCCCN=C(/N=C(/N)Nc1ccc(Cl)c(Cl)c1)SCCCC. The van der Waals surface area contributed by atoms with Gasteiger partial charge in [0.05, 0.1) is 10.0 Å². The zero-order valence-electron chi connectivity index (χ0n) is 16.4. The van der Waals surface area contributed by atoms with Crippen LogP contribution in [-0.4, -0.2) is 23.4 Å². The lowest BCUT2D eigenvalue weighted by molar-refractivity contribution is 0.612. The van der Waals surface area contributed by atoms with Crippen LogP contribution in [0.25, 0.3) is 0 Å². The van der Waals surface area contributed by atoms with Crippen LogP contribution in [0.1, 0.15) is 65.2 Å². The second-order valence-electron chi connectivity index (χ2n) is 6.39. The lowest BCUT2D eigenvalue weighted by Gasteiger charge is -2.08. The third-order valence-corrected chi connectivity index (χ3v) is 5.61. The summed E-state index contributed by atoms with van der Waals surface area (Å²) < 4.78 is 0. The van der Waals surface area contributed by atoms with Crippen molar-refractivity contribution >= 4 is 51.8 Å². The fourth-order valence-corrected chi connectivity index (χ4v) is 3.60. The molecule has 1 aromatic rings. The number of nitrogens with two attached hydrogens (primary N) is 1. The molecule has 0 bridgehead atoms. The monoisotopic (exact) mass is 430 g/mol. The summed E-state index contributed by atoms with van der Waals surface area (Å²) in [5.74, 6) is 1.30. The minimum atomic E-state index is 0.305. The molecule has 0 saturated heterocycles. The average molecular weight is 431 g/mol. The predicted molar refractivity (Wildman–Crippen MR) is 125 cm³/mol. The van der Waals surface area contributed by atoms with Crippen molar-refractivity contribution in [1.29, 1.82) is 0 Å². The molecule has 0 atom stereocenters. The summed E-state index contributed by atoms with van der Waals surface area (Å²) in [5.41, 5.74) is 6.80. The number of unbranched alkanes of at least 4 members (excludes halogenated alkanes) is 6. The van der Waals surface area contributed by atoms with E-state index >= 15 is 0 Å². The maximum Gasteiger partial charge on any atom is 0.200 e. The number of hydrogen-bond acceptors (Lipinski definition) is 2. The number of amidine groups is 1. The molecule has 0 aromatic heterocycles. The molecular formula is C20H32Cl2N4S. The highest BCUT2D eigenvalue weighted by molar-refractivity contribution is 8.13. The van der Waals surface area contributed by atoms with Crippen molar-refractivity contribution in [2.24, 2.45) is 15.7 Å². The van der Waals surface area contributed by atoms with Gasteiger partial charge in [-0.1, -0.05) is 87.3 Å². The molecule has 0 aliphatic carbocycles. The first kappa shape index (κ1) is 24.1. The summed E-state index contributed by atoms with van der Waals surface area (Å²) in [5, 5.41) is 4.77. The van der Waals surface area contributed by atoms with Crippen LogP contribution >= 0.6 is 35.0 Å². The van der Waals surface area contributed by atoms with Crippen LogP contribution in [0.15, 0.2) is 28.2 Å². The molecule has 0 spiro atoms. The Kier molecular flexibility index (Phi) is 13.5. The molecule has 0 saturated carbocycles. The van der Waals surface area contributed by atoms with Gasteiger partial charge in [-0.15, -0.1) is 0 Å². The van der Waals surface area contributed by atoms with Gasteiger partial charge in [0.25, 0.3) is 0 Å². The first-order chi connectivity index (χ1) is 13.1. The highest BCUT2D eigenvalue weighted by Gasteiger charge is 2.04. The van der Waals surface area contributed by atoms with Gasteiger partial charge in [-0.25, -0.2) is 0 Å². The Morgan fingerprint density at radius 2 is 1.70 bits per heavy atom. The molecule has 7 heteroatoms. The maximum atomic E-state index is 6.05. The lowest BCUT2D eigenvalue weighted by Crippen LogP contribution is -2.23. The molecule has 4 nitrogen and oxygen atoms in total. The largest absolute Gasteiger partial charge is 0.369 e. The van der Waals surface area contributed by atoms with Gasteiger partial charge in [-0.3, -0.25) is 4.99 Å². The summed E-state index contributed by atoms with van der Waals surface area (Å²) in [7, 11) is 0. The topological polar surface area (TPSA) is 62.8 Å². The fraction of sp³-hybridized carbons (Fsp3) is 0.600. The van der Waals surface area contributed by atoms with Crippen LogP contribution in [0.5, 0.6) is 0 Å². The first-order valence-electron chi connectivity index (χ1n) is 9.80. The van der Waals surface area contributed by atoms with Crippen LogP contribution in [0.3, 0.4) is 0 Å². The van der Waals surface area contributed by atoms with E-state index in [1.165, 1.54) is 32.1 Å². The number of guanidine groups is 1. The van der Waals surface area contributed by atoms with Gasteiger partial charge < -0.3 is 11.1 Å². The number of nitrogens with zero attached hydrogens (tertiary/aromatic N) is 2. The van der Waals surface area contributed by atoms with Gasteiger partial charge in [0.15, 0.2) is 11.1 Å². The van der Waals surface area contributed by atoms with Gasteiger partial charge in [0.2, 0.25) is 0 Å². The Bertz CT molecular complexity index is 606. The number of nitrogens with one attached hydrogen (secondary N) is 1. The summed E-state index contributed by atoms with van der Waals surface area (Å²) >= 11 is 13.6. The molecule has 0 aliphatic rings. The Morgan fingerprint density at radius 1 is 1.00 bits per heavy atom. The molecule has 152 valence electrons. The van der Waals surface area contributed by atoms with Crippen LogP contribution in [0.4, 0.5) is 5.69 Å². The van der Waals surface area contributed by atoms with Crippen LogP contribution < -0.4 is 11.1 Å². The Hall–Kier alpha value is -0.910. The van der Waals surface area contributed by atoms with Crippen LogP contribution in [0.2, 0.25) is 10.0 Å². The van der Waals surface area contributed by atoms with Crippen molar-refractivity contribution in [1.82, 2.24) is 0 Å². The van der Waals surface area contributed by atoms with E-state index in [1.54, 1.807) is 23.9 Å². The third kappa shape index (κ3) is 11.5. The molecule has 0 unspecified atom stereocenters. The minimum absolute atomic E-state index is 0.305. The third-order valence-electron chi connectivity index (χ3n) is 3.90. The molecule has 27 heavy (non-hydrogen) atoms. The minimum Gasteiger partial charge on any atom is -0.369 e. The molecule has 0 aliphatic heterocycles. The van der Waals surface area contributed by atoms with E-state index in [4.69, 9.17) is 28.9 Å². The summed E-state index contributed by atoms with van der Waals surface area (Å²) in [4.78, 5) is 9.11. The first-order valence-corrected chi connectivity index (χ1v) is 11.5. The molecule has 0 fully saturated rings. The summed E-state index contributed by atoms with van der Waals surface area (Å²) in [6.45, 7) is 5.21. The highest BCUT2D eigenvalue weighted by atomic mass is 35.5. The van der Waals surface area contributed by atoms with E-state index in [0.717, 1.165) is 42.4 Å². The number of hydrogen-bond donors (Lipinski definition) is 2. The van der Waals surface area contributed by atoms with Crippen molar-refractivity contribution in [3.05, 3.63) is 28.2 Å². The van der Waals surface area contributed by atoms with Crippen molar-refractivity contribution in [3.8, 4) is 0 Å². The number of thioether (sulfide) groups is 1. The Morgan fingerprint density at radius 3 is 2.41 bits per heavy atom.